The van der Waals surface area contributed by atoms with E-state index in [1.807, 2.05) is 35.9 Å². The first-order valence-corrected chi connectivity index (χ1v) is 8.04. The van der Waals surface area contributed by atoms with E-state index < -0.39 is 0 Å². The maximum absolute atomic E-state index is 12.3. The van der Waals surface area contributed by atoms with Crippen molar-refractivity contribution in [1.29, 1.82) is 5.26 Å². The van der Waals surface area contributed by atoms with Crippen molar-refractivity contribution in [3.8, 4) is 6.07 Å². The number of nitriles is 1. The molecule has 2 aromatic carbocycles. The van der Waals surface area contributed by atoms with Gasteiger partial charge in [-0.2, -0.15) is 10.3 Å². The number of rotatable bonds is 1. The van der Waals surface area contributed by atoms with Crippen LogP contribution in [0.4, 0.5) is 0 Å². The average molecular weight is 372 g/mol. The van der Waals surface area contributed by atoms with Gasteiger partial charge in [-0.3, -0.25) is 4.79 Å². The lowest BCUT2D eigenvalue weighted by atomic mass is 10.1. The Kier molecular flexibility index (Phi) is 3.92. The van der Waals surface area contributed by atoms with E-state index in [9.17, 15) is 4.79 Å². The standard InChI is InChI=1S/C16H10BrN3OS/c1-20-14-12(17)3-2-4-13(14)22-16(20)19-15(21)11-7-5-10(9-18)6-8-11/h2-8H,1H3. The Morgan fingerprint density at radius 1 is 1.27 bits per heavy atom. The molecule has 0 spiro atoms. The third-order valence-corrected chi connectivity index (χ3v) is 4.97. The molecule has 0 aliphatic carbocycles. The summed E-state index contributed by atoms with van der Waals surface area (Å²) in [6.45, 7) is 0. The van der Waals surface area contributed by atoms with Crippen molar-refractivity contribution in [2.75, 3.05) is 0 Å². The summed E-state index contributed by atoms with van der Waals surface area (Å²) in [5.74, 6) is -0.317. The summed E-state index contributed by atoms with van der Waals surface area (Å²) in [5, 5.41) is 8.78. The van der Waals surface area contributed by atoms with Crippen molar-refractivity contribution in [3.63, 3.8) is 0 Å². The summed E-state index contributed by atoms with van der Waals surface area (Å²) >= 11 is 4.98. The van der Waals surface area contributed by atoms with Crippen LogP contribution in [0.15, 0.2) is 51.9 Å². The maximum Gasteiger partial charge on any atom is 0.279 e. The maximum atomic E-state index is 12.3. The van der Waals surface area contributed by atoms with Gasteiger partial charge in [0.15, 0.2) is 4.80 Å². The number of aromatic nitrogens is 1. The molecule has 6 heteroatoms. The summed E-state index contributed by atoms with van der Waals surface area (Å²) in [5.41, 5.74) is 2.00. The lowest BCUT2D eigenvalue weighted by molar-refractivity contribution is 0.0998. The third kappa shape index (κ3) is 2.61. The molecule has 0 radical (unpaired) electrons. The van der Waals surface area contributed by atoms with Crippen LogP contribution >= 0.6 is 27.3 Å². The summed E-state index contributed by atoms with van der Waals surface area (Å²) < 4.78 is 3.92. The van der Waals surface area contributed by atoms with Gasteiger partial charge in [0.1, 0.15) is 0 Å². The van der Waals surface area contributed by atoms with E-state index in [2.05, 4.69) is 20.9 Å². The number of para-hydroxylation sites is 1. The number of carbonyl (C=O) groups is 1. The highest BCUT2D eigenvalue weighted by atomic mass is 79.9. The van der Waals surface area contributed by atoms with Crippen LogP contribution < -0.4 is 4.80 Å². The Balaban J connectivity index is 2.08. The molecule has 0 bridgehead atoms. The van der Waals surface area contributed by atoms with E-state index >= 15 is 0 Å². The highest BCUT2D eigenvalue weighted by molar-refractivity contribution is 9.10. The number of benzene rings is 2. The Labute approximate surface area is 139 Å². The number of nitrogens with zero attached hydrogens (tertiary/aromatic N) is 3. The topological polar surface area (TPSA) is 58.1 Å². The molecule has 0 N–H and O–H groups in total. The number of hydrogen-bond donors (Lipinski definition) is 0. The minimum absolute atomic E-state index is 0.317. The fourth-order valence-corrected chi connectivity index (χ4v) is 3.91. The number of thiazole rings is 1. The van der Waals surface area contributed by atoms with Gasteiger partial charge in [-0.05, 0) is 52.3 Å². The minimum Gasteiger partial charge on any atom is -0.318 e. The fraction of sp³-hybridized carbons (Fsp3) is 0.0625. The second-order valence-corrected chi connectivity index (χ2v) is 6.50. The van der Waals surface area contributed by atoms with Crippen LogP contribution in [0.2, 0.25) is 0 Å². The van der Waals surface area contributed by atoms with Crippen molar-refractivity contribution < 1.29 is 4.79 Å². The first-order chi connectivity index (χ1) is 10.6. The van der Waals surface area contributed by atoms with Crippen LogP contribution in [-0.2, 0) is 7.05 Å². The Morgan fingerprint density at radius 2 is 2.00 bits per heavy atom. The molecular weight excluding hydrogens is 362 g/mol. The van der Waals surface area contributed by atoms with Crippen molar-refractivity contribution in [1.82, 2.24) is 4.57 Å². The third-order valence-electron chi connectivity index (χ3n) is 3.23. The molecule has 4 nitrogen and oxygen atoms in total. The van der Waals surface area contributed by atoms with Crippen LogP contribution in [0.25, 0.3) is 10.2 Å². The lowest BCUT2D eigenvalue weighted by Crippen LogP contribution is -2.13. The number of amides is 1. The average Bonchev–Trinajstić information content (AvgIpc) is 2.85. The number of carbonyl (C=O) groups excluding carboxylic acids is 1. The monoisotopic (exact) mass is 371 g/mol. The Bertz CT molecular complexity index is 977. The molecule has 0 aliphatic rings. The van der Waals surface area contributed by atoms with Gasteiger partial charge in [0, 0.05) is 17.1 Å². The zero-order chi connectivity index (χ0) is 15.7. The van der Waals surface area contributed by atoms with E-state index in [1.54, 1.807) is 24.3 Å². The summed E-state index contributed by atoms with van der Waals surface area (Å²) in [6.07, 6.45) is 0. The second kappa shape index (κ2) is 5.87. The van der Waals surface area contributed by atoms with Gasteiger partial charge < -0.3 is 4.57 Å². The van der Waals surface area contributed by atoms with E-state index in [0.717, 1.165) is 14.7 Å². The van der Waals surface area contributed by atoms with Crippen LogP contribution in [0.3, 0.4) is 0 Å². The van der Waals surface area contributed by atoms with E-state index in [1.165, 1.54) is 11.3 Å². The van der Waals surface area contributed by atoms with Gasteiger partial charge in [0.25, 0.3) is 5.91 Å². The highest BCUT2D eigenvalue weighted by Crippen LogP contribution is 2.24. The molecule has 0 saturated carbocycles. The number of hydrogen-bond acceptors (Lipinski definition) is 3. The van der Waals surface area contributed by atoms with Crippen molar-refractivity contribution in [2.45, 2.75) is 0 Å². The quantitative estimate of drug-likeness (QED) is 0.655. The molecule has 1 heterocycles. The lowest BCUT2D eigenvalue weighted by Gasteiger charge is -1.98. The predicted molar refractivity (Wildman–Crippen MR) is 89.5 cm³/mol. The predicted octanol–water partition coefficient (Wildman–Crippen LogP) is 3.62. The van der Waals surface area contributed by atoms with Crippen LogP contribution in [0, 0.1) is 11.3 Å². The van der Waals surface area contributed by atoms with Crippen LogP contribution in [0.5, 0.6) is 0 Å². The molecule has 0 unspecified atom stereocenters. The number of aryl methyl sites for hydroxylation is 1. The largest absolute Gasteiger partial charge is 0.318 e. The van der Waals surface area contributed by atoms with Crippen molar-refractivity contribution in [3.05, 3.63) is 62.9 Å². The van der Waals surface area contributed by atoms with E-state index in [4.69, 9.17) is 5.26 Å². The highest BCUT2D eigenvalue weighted by Gasteiger charge is 2.09. The molecule has 0 atom stereocenters. The number of halogens is 1. The molecule has 0 saturated heterocycles. The molecule has 22 heavy (non-hydrogen) atoms. The zero-order valence-corrected chi connectivity index (χ0v) is 14.0. The zero-order valence-electron chi connectivity index (χ0n) is 11.6. The normalized spacial score (nSPS) is 11.6. The molecule has 0 aliphatic heterocycles. The second-order valence-electron chi connectivity index (χ2n) is 4.64. The Morgan fingerprint density at radius 3 is 2.64 bits per heavy atom. The SMILES string of the molecule is Cn1c(=NC(=O)c2ccc(C#N)cc2)sc2cccc(Br)c21. The summed E-state index contributed by atoms with van der Waals surface area (Å²) in [7, 11) is 1.88. The number of fused-ring (bicyclic) bond motifs is 1. The van der Waals surface area contributed by atoms with Gasteiger partial charge in [-0.1, -0.05) is 17.4 Å². The first-order valence-electron chi connectivity index (χ1n) is 6.43. The molecule has 1 amide bonds. The van der Waals surface area contributed by atoms with Crippen LogP contribution in [-0.4, -0.2) is 10.5 Å². The smallest absolute Gasteiger partial charge is 0.279 e. The van der Waals surface area contributed by atoms with Crippen molar-refractivity contribution >= 4 is 43.4 Å². The van der Waals surface area contributed by atoms with Gasteiger partial charge >= 0.3 is 0 Å². The molecular formula is C16H10BrN3OS. The minimum atomic E-state index is -0.317. The first kappa shape index (κ1) is 14.7. The molecule has 3 rings (SSSR count). The summed E-state index contributed by atoms with van der Waals surface area (Å²) in [6, 6.07) is 14.4. The van der Waals surface area contributed by atoms with E-state index in [0.29, 0.717) is 15.9 Å². The molecule has 3 aromatic rings. The Hall–Kier alpha value is -2.23. The summed E-state index contributed by atoms with van der Waals surface area (Å²) in [4.78, 5) is 17.1. The molecule has 108 valence electrons. The fourth-order valence-electron chi connectivity index (χ4n) is 2.10. The molecule has 1 aromatic heterocycles. The van der Waals surface area contributed by atoms with Gasteiger partial charge in [-0.25, -0.2) is 0 Å². The van der Waals surface area contributed by atoms with Crippen molar-refractivity contribution in [2.24, 2.45) is 12.0 Å². The van der Waals surface area contributed by atoms with Gasteiger partial charge in [-0.15, -0.1) is 0 Å². The van der Waals surface area contributed by atoms with Crippen LogP contribution in [0.1, 0.15) is 15.9 Å². The van der Waals surface area contributed by atoms with Gasteiger partial charge in [0.05, 0.1) is 21.8 Å². The van der Waals surface area contributed by atoms with Gasteiger partial charge in [0.2, 0.25) is 0 Å². The molecule has 0 fully saturated rings. The van der Waals surface area contributed by atoms with E-state index in [-0.39, 0.29) is 5.91 Å².